The average Bonchev–Trinajstić information content (AvgIpc) is 3.15. The molecule has 3 aromatic rings. The van der Waals surface area contributed by atoms with E-state index in [1.54, 1.807) is 19.1 Å². The summed E-state index contributed by atoms with van der Waals surface area (Å²) in [6.07, 6.45) is 1.44. The van der Waals surface area contributed by atoms with E-state index in [2.05, 4.69) is 25.9 Å². The Kier molecular flexibility index (Phi) is 4.38. The predicted octanol–water partition coefficient (Wildman–Crippen LogP) is 4.59. The highest BCUT2D eigenvalue weighted by molar-refractivity contribution is 5.70. The van der Waals surface area contributed by atoms with E-state index in [4.69, 9.17) is 4.74 Å². The fraction of sp³-hybridized carbons (Fsp3) is 0.111. The van der Waals surface area contributed by atoms with E-state index < -0.39 is 29.0 Å². The number of hydrogen-bond acceptors (Lipinski definition) is 6. The van der Waals surface area contributed by atoms with Crippen molar-refractivity contribution in [2.75, 3.05) is 22.7 Å². The number of aromatic nitrogens is 2. The summed E-state index contributed by atoms with van der Waals surface area (Å²) in [5.74, 6) is -5.91. The van der Waals surface area contributed by atoms with Crippen LogP contribution in [-0.4, -0.2) is 16.7 Å². The zero-order valence-electron chi connectivity index (χ0n) is 14.4. The fourth-order valence-electron chi connectivity index (χ4n) is 2.61. The zero-order valence-corrected chi connectivity index (χ0v) is 14.4. The molecule has 6 nitrogen and oxygen atoms in total. The monoisotopic (exact) mass is 391 g/mol. The van der Waals surface area contributed by atoms with Crippen molar-refractivity contribution in [1.29, 1.82) is 0 Å². The topological polar surface area (TPSA) is 71.1 Å². The van der Waals surface area contributed by atoms with E-state index in [9.17, 15) is 17.6 Å². The van der Waals surface area contributed by atoms with Gasteiger partial charge in [-0.25, -0.2) is 22.5 Å². The second kappa shape index (κ2) is 6.87. The van der Waals surface area contributed by atoms with Crippen molar-refractivity contribution in [3.05, 3.63) is 59.3 Å². The first-order valence-electron chi connectivity index (χ1n) is 8.14. The molecule has 2 heterocycles. The van der Waals surface area contributed by atoms with Crippen molar-refractivity contribution < 1.29 is 22.3 Å². The van der Waals surface area contributed by atoms with E-state index in [1.165, 1.54) is 6.20 Å². The largest absolute Gasteiger partial charge is 0.471 e. The Labute approximate surface area is 156 Å². The van der Waals surface area contributed by atoms with Crippen LogP contribution in [0, 0.1) is 30.2 Å². The molecule has 0 radical (unpaired) electrons. The maximum atomic E-state index is 13.8. The SMILES string of the molecule is Cc1cnc(Nc2cc(F)c(F)c(F)c2F)nc1Nc1ccc2c(c1)NCO2. The molecule has 4 rings (SSSR count). The number of benzene rings is 2. The number of ether oxygens (including phenoxy) is 1. The van der Waals surface area contributed by atoms with Gasteiger partial charge >= 0.3 is 0 Å². The van der Waals surface area contributed by atoms with Crippen LogP contribution >= 0.6 is 0 Å². The highest BCUT2D eigenvalue weighted by Crippen LogP contribution is 2.33. The Morgan fingerprint density at radius 2 is 1.86 bits per heavy atom. The number of aryl methyl sites for hydroxylation is 1. The minimum Gasteiger partial charge on any atom is -0.471 e. The molecule has 0 fully saturated rings. The lowest BCUT2D eigenvalue weighted by Crippen LogP contribution is -2.06. The number of hydrogen-bond donors (Lipinski definition) is 3. The molecule has 0 atom stereocenters. The van der Waals surface area contributed by atoms with Crippen molar-refractivity contribution in [2.24, 2.45) is 0 Å². The molecule has 0 unspecified atom stereocenters. The molecule has 3 N–H and O–H groups in total. The van der Waals surface area contributed by atoms with E-state index in [0.717, 1.165) is 11.4 Å². The minimum atomic E-state index is -1.92. The molecule has 28 heavy (non-hydrogen) atoms. The first-order valence-corrected chi connectivity index (χ1v) is 8.14. The summed E-state index contributed by atoms with van der Waals surface area (Å²) < 4.78 is 59.1. The summed E-state index contributed by atoms with van der Waals surface area (Å²) >= 11 is 0. The van der Waals surface area contributed by atoms with Crippen molar-refractivity contribution in [2.45, 2.75) is 6.92 Å². The molecule has 10 heteroatoms. The smallest absolute Gasteiger partial charge is 0.229 e. The van der Waals surface area contributed by atoms with Gasteiger partial charge in [0.05, 0.1) is 11.4 Å². The molecule has 0 saturated heterocycles. The number of halogens is 4. The Hall–Kier alpha value is -3.56. The van der Waals surface area contributed by atoms with Gasteiger partial charge in [0.2, 0.25) is 5.95 Å². The van der Waals surface area contributed by atoms with Crippen LogP contribution < -0.4 is 20.7 Å². The molecule has 0 amide bonds. The van der Waals surface area contributed by atoms with Crippen molar-refractivity contribution in [3.8, 4) is 5.75 Å². The number of rotatable bonds is 4. The third-order valence-electron chi connectivity index (χ3n) is 4.05. The third-order valence-corrected chi connectivity index (χ3v) is 4.05. The lowest BCUT2D eigenvalue weighted by atomic mass is 10.2. The van der Waals surface area contributed by atoms with Crippen LogP contribution in [0.25, 0.3) is 0 Å². The van der Waals surface area contributed by atoms with Gasteiger partial charge in [0.25, 0.3) is 0 Å². The van der Waals surface area contributed by atoms with Gasteiger partial charge < -0.3 is 20.7 Å². The van der Waals surface area contributed by atoms with Gasteiger partial charge in [0.15, 0.2) is 30.0 Å². The molecule has 2 aromatic carbocycles. The van der Waals surface area contributed by atoms with Crippen LogP contribution in [0.1, 0.15) is 5.56 Å². The normalized spacial score (nSPS) is 12.2. The van der Waals surface area contributed by atoms with Crippen LogP contribution in [0.5, 0.6) is 5.75 Å². The molecule has 0 saturated carbocycles. The molecule has 144 valence electrons. The van der Waals surface area contributed by atoms with Crippen molar-refractivity contribution in [3.63, 3.8) is 0 Å². The Bertz CT molecular complexity index is 1080. The number of nitrogens with one attached hydrogen (secondary N) is 3. The highest BCUT2D eigenvalue weighted by Gasteiger charge is 2.20. The molecule has 1 aliphatic rings. The van der Waals surface area contributed by atoms with Crippen LogP contribution in [0.3, 0.4) is 0 Å². The standard InChI is InChI=1S/C18H13F4N5O/c1-8-6-23-18(26-12-5-10(19)14(20)16(22)15(12)21)27-17(8)25-9-2-3-13-11(4-9)24-7-28-13/h2-6,24H,7H2,1H3,(H2,23,25,26,27). The molecule has 0 aliphatic carbocycles. The van der Waals surface area contributed by atoms with Gasteiger partial charge in [-0.3, -0.25) is 0 Å². The lowest BCUT2D eigenvalue weighted by Gasteiger charge is -2.12. The van der Waals surface area contributed by atoms with Crippen LogP contribution in [0.2, 0.25) is 0 Å². The summed E-state index contributed by atoms with van der Waals surface area (Å²) in [5, 5.41) is 8.50. The Morgan fingerprint density at radius 1 is 1.04 bits per heavy atom. The fourth-order valence-corrected chi connectivity index (χ4v) is 2.61. The van der Waals surface area contributed by atoms with Gasteiger partial charge in [-0.1, -0.05) is 0 Å². The third kappa shape index (κ3) is 3.24. The first kappa shape index (κ1) is 17.8. The number of anilines is 5. The lowest BCUT2D eigenvalue weighted by molar-refractivity contribution is 0.372. The summed E-state index contributed by atoms with van der Waals surface area (Å²) in [4.78, 5) is 8.15. The summed E-state index contributed by atoms with van der Waals surface area (Å²) in [6, 6.07) is 5.88. The van der Waals surface area contributed by atoms with Gasteiger partial charge in [-0.05, 0) is 25.1 Å². The van der Waals surface area contributed by atoms with E-state index in [1.807, 2.05) is 6.07 Å². The predicted molar refractivity (Wildman–Crippen MR) is 95.2 cm³/mol. The van der Waals surface area contributed by atoms with Crippen LogP contribution in [-0.2, 0) is 0 Å². The average molecular weight is 391 g/mol. The van der Waals surface area contributed by atoms with Gasteiger partial charge in [-0.15, -0.1) is 0 Å². The van der Waals surface area contributed by atoms with E-state index in [0.29, 0.717) is 29.9 Å². The Morgan fingerprint density at radius 3 is 2.68 bits per heavy atom. The van der Waals surface area contributed by atoms with E-state index >= 15 is 0 Å². The van der Waals surface area contributed by atoms with Crippen LogP contribution in [0.4, 0.5) is 46.4 Å². The second-order valence-corrected chi connectivity index (χ2v) is 6.00. The quantitative estimate of drug-likeness (QED) is 0.343. The van der Waals surface area contributed by atoms with Gasteiger partial charge in [-0.2, -0.15) is 4.98 Å². The first-order chi connectivity index (χ1) is 13.4. The molecular formula is C18H13F4N5O. The van der Waals surface area contributed by atoms with Crippen molar-refractivity contribution >= 4 is 28.8 Å². The van der Waals surface area contributed by atoms with Gasteiger partial charge in [0.1, 0.15) is 11.6 Å². The molecular weight excluding hydrogens is 378 g/mol. The highest BCUT2D eigenvalue weighted by atomic mass is 19.2. The zero-order chi connectivity index (χ0) is 19.8. The van der Waals surface area contributed by atoms with Gasteiger partial charge in [0, 0.05) is 23.5 Å². The van der Waals surface area contributed by atoms with E-state index in [-0.39, 0.29) is 5.95 Å². The molecule has 1 aliphatic heterocycles. The maximum Gasteiger partial charge on any atom is 0.229 e. The summed E-state index contributed by atoms with van der Waals surface area (Å²) in [5.41, 5.74) is 1.57. The maximum absolute atomic E-state index is 13.8. The summed E-state index contributed by atoms with van der Waals surface area (Å²) in [6.45, 7) is 2.13. The molecule has 1 aromatic heterocycles. The van der Waals surface area contributed by atoms with Crippen LogP contribution in [0.15, 0.2) is 30.5 Å². The molecule has 0 bridgehead atoms. The minimum absolute atomic E-state index is 0.125. The molecule has 0 spiro atoms. The van der Waals surface area contributed by atoms with Crippen molar-refractivity contribution in [1.82, 2.24) is 9.97 Å². The second-order valence-electron chi connectivity index (χ2n) is 6.00. The number of nitrogens with zero attached hydrogens (tertiary/aromatic N) is 2. The summed E-state index contributed by atoms with van der Waals surface area (Å²) in [7, 11) is 0. The number of fused-ring (bicyclic) bond motifs is 1. The Balaban J connectivity index is 1.61.